The third-order valence-electron chi connectivity index (χ3n) is 6.84. The van der Waals surface area contributed by atoms with Crippen LogP contribution in [0.2, 0.25) is 0 Å². The van der Waals surface area contributed by atoms with E-state index in [0.29, 0.717) is 0 Å². The van der Waals surface area contributed by atoms with E-state index in [9.17, 15) is 12.8 Å². The summed E-state index contributed by atoms with van der Waals surface area (Å²) < 4.78 is 45.4. The molecule has 0 aliphatic heterocycles. The van der Waals surface area contributed by atoms with Crippen molar-refractivity contribution in [2.24, 2.45) is 23.3 Å². The predicted molar refractivity (Wildman–Crippen MR) is 128 cm³/mol. The molecule has 8 heteroatoms. The number of aryl methyl sites for hydroxylation is 1. The Morgan fingerprint density at radius 1 is 0.970 bits per heavy atom. The van der Waals surface area contributed by atoms with E-state index in [0.717, 1.165) is 53.9 Å². The number of halogens is 1. The highest BCUT2D eigenvalue weighted by Gasteiger charge is 2.37. The molecule has 33 heavy (non-hydrogen) atoms. The highest BCUT2D eigenvalue weighted by Crippen LogP contribution is 2.39. The largest absolute Gasteiger partial charge is 0.321 e. The van der Waals surface area contributed by atoms with Crippen molar-refractivity contribution in [2.45, 2.75) is 25.7 Å². The Bertz CT molecular complexity index is 1340. The summed E-state index contributed by atoms with van der Waals surface area (Å²) in [5, 5.41) is 4.70. The smallest absolute Gasteiger partial charge is 0.267 e. The van der Waals surface area contributed by atoms with E-state index in [1.165, 1.54) is 41.7 Å². The van der Waals surface area contributed by atoms with Gasteiger partial charge >= 0.3 is 10.2 Å². The maximum absolute atomic E-state index is 13.3. The van der Waals surface area contributed by atoms with E-state index >= 15 is 0 Å². The molecule has 2 aliphatic rings. The summed E-state index contributed by atoms with van der Waals surface area (Å²) in [4.78, 5) is 0. The normalized spacial score (nSPS) is 21.4. The minimum Gasteiger partial charge on any atom is -0.267 e. The number of hydrogen-bond donors (Lipinski definition) is 0. The summed E-state index contributed by atoms with van der Waals surface area (Å²) in [5.41, 5.74) is 7.04. The SMILES string of the molecule is CN(C)S(=O)(=O)/N=C1\[C@@H]2CC[C@H]1Cc1ccc(-c3cc(-c4ccc(F)cc4)n(C)n3)cc1C2. The van der Waals surface area contributed by atoms with Crippen LogP contribution in [0, 0.1) is 17.7 Å². The molecule has 2 aromatic carbocycles. The lowest BCUT2D eigenvalue weighted by Gasteiger charge is -2.13. The van der Waals surface area contributed by atoms with Crippen molar-refractivity contribution in [3.63, 3.8) is 0 Å². The second kappa shape index (κ2) is 8.18. The highest BCUT2D eigenvalue weighted by molar-refractivity contribution is 7.87. The third-order valence-corrected chi connectivity index (χ3v) is 8.20. The fourth-order valence-corrected chi connectivity index (χ4v) is 5.74. The molecule has 0 N–H and O–H groups in total. The monoisotopic (exact) mass is 466 g/mol. The molecule has 0 saturated heterocycles. The first kappa shape index (κ1) is 22.0. The van der Waals surface area contributed by atoms with Gasteiger partial charge in [0.25, 0.3) is 0 Å². The molecule has 2 atom stereocenters. The van der Waals surface area contributed by atoms with Gasteiger partial charge in [0.1, 0.15) is 5.82 Å². The van der Waals surface area contributed by atoms with Crippen molar-refractivity contribution in [1.82, 2.24) is 14.1 Å². The van der Waals surface area contributed by atoms with E-state index < -0.39 is 10.2 Å². The Morgan fingerprint density at radius 2 is 1.61 bits per heavy atom. The molecule has 2 aliphatic carbocycles. The van der Waals surface area contributed by atoms with Crippen LogP contribution in [0.4, 0.5) is 4.39 Å². The van der Waals surface area contributed by atoms with Crippen LogP contribution in [0.5, 0.6) is 0 Å². The fourth-order valence-electron chi connectivity index (χ4n) is 5.01. The van der Waals surface area contributed by atoms with Crippen molar-refractivity contribution in [1.29, 1.82) is 0 Å². The molecule has 0 amide bonds. The van der Waals surface area contributed by atoms with Crippen molar-refractivity contribution in [2.75, 3.05) is 14.1 Å². The standard InChI is InChI=1S/C25H27FN4O2S/c1-29(2)33(31,32)28-25-19-6-7-20(25)14-21-13-18(5-4-17(21)12-19)23-15-24(30(3)27-23)16-8-10-22(26)11-9-16/h4-5,8-11,13,15,19-20H,6-7,12,14H2,1-3H3/b28-25-/t19-,20+/m0/s1. The number of benzene rings is 2. The molecule has 0 spiro atoms. The molecular weight excluding hydrogens is 439 g/mol. The second-order valence-corrected chi connectivity index (χ2v) is 11.0. The Morgan fingerprint density at radius 3 is 2.27 bits per heavy atom. The van der Waals surface area contributed by atoms with Gasteiger partial charge in [0.2, 0.25) is 0 Å². The van der Waals surface area contributed by atoms with Crippen LogP contribution in [-0.2, 0) is 30.1 Å². The highest BCUT2D eigenvalue weighted by atomic mass is 32.2. The summed E-state index contributed by atoms with van der Waals surface area (Å²) in [6.07, 6.45) is 3.55. The molecule has 6 nitrogen and oxygen atoms in total. The van der Waals surface area contributed by atoms with Crippen LogP contribution in [-0.4, -0.2) is 42.3 Å². The molecule has 172 valence electrons. The number of rotatable bonds is 4. The quantitative estimate of drug-likeness (QED) is 0.577. The van der Waals surface area contributed by atoms with Gasteiger partial charge in [-0.2, -0.15) is 22.2 Å². The van der Waals surface area contributed by atoms with Gasteiger partial charge in [-0.3, -0.25) is 4.68 Å². The minimum atomic E-state index is -3.62. The summed E-state index contributed by atoms with van der Waals surface area (Å²) in [5.74, 6) is 0.0685. The lowest BCUT2D eigenvalue weighted by Crippen LogP contribution is -2.24. The van der Waals surface area contributed by atoms with Crippen LogP contribution in [0.3, 0.4) is 0 Å². The van der Waals surface area contributed by atoms with Crippen LogP contribution in [0.25, 0.3) is 22.5 Å². The van der Waals surface area contributed by atoms with Crippen molar-refractivity contribution in [3.05, 3.63) is 65.5 Å². The molecule has 1 aromatic heterocycles. The zero-order chi connectivity index (χ0) is 23.3. The van der Waals surface area contributed by atoms with Crippen LogP contribution in [0.15, 0.2) is 52.9 Å². The Balaban J connectivity index is 1.47. The van der Waals surface area contributed by atoms with Gasteiger partial charge in [-0.15, -0.1) is 0 Å². The lowest BCUT2D eigenvalue weighted by atomic mass is 9.91. The van der Waals surface area contributed by atoms with Crippen LogP contribution in [0.1, 0.15) is 24.0 Å². The molecule has 0 unspecified atom stereocenters. The minimum absolute atomic E-state index is 0.153. The number of aromatic nitrogens is 2. The van der Waals surface area contributed by atoms with Gasteiger partial charge in [0.05, 0.1) is 11.4 Å². The van der Waals surface area contributed by atoms with E-state index in [2.05, 4.69) is 22.6 Å². The second-order valence-electron chi connectivity index (χ2n) is 9.18. The van der Waals surface area contributed by atoms with Gasteiger partial charge in [-0.1, -0.05) is 12.1 Å². The van der Waals surface area contributed by atoms with Crippen LogP contribution >= 0.6 is 0 Å². The molecule has 1 fully saturated rings. The first-order chi connectivity index (χ1) is 15.7. The summed E-state index contributed by atoms with van der Waals surface area (Å²) in [6, 6.07) is 14.9. The zero-order valence-electron chi connectivity index (χ0n) is 19.0. The fraction of sp³-hybridized carbons (Fsp3) is 0.360. The zero-order valence-corrected chi connectivity index (χ0v) is 19.8. The maximum Gasteiger partial charge on any atom is 0.321 e. The average molecular weight is 467 g/mol. The Kier molecular flexibility index (Phi) is 5.45. The number of fused-ring (bicyclic) bond motifs is 3. The number of nitrogens with zero attached hydrogens (tertiary/aromatic N) is 4. The molecule has 3 aromatic rings. The molecule has 5 rings (SSSR count). The first-order valence-electron chi connectivity index (χ1n) is 11.2. The summed E-state index contributed by atoms with van der Waals surface area (Å²) in [6.45, 7) is 0. The lowest BCUT2D eigenvalue weighted by molar-refractivity contribution is 0.522. The predicted octanol–water partition coefficient (Wildman–Crippen LogP) is 4.27. The maximum atomic E-state index is 13.3. The van der Waals surface area contributed by atoms with Crippen molar-refractivity contribution < 1.29 is 12.8 Å². The van der Waals surface area contributed by atoms with Gasteiger partial charge in [-0.05, 0) is 78.8 Å². The van der Waals surface area contributed by atoms with Gasteiger partial charge in [0.15, 0.2) is 0 Å². The van der Waals surface area contributed by atoms with Gasteiger partial charge in [-0.25, -0.2) is 4.39 Å². The first-order valence-corrected chi connectivity index (χ1v) is 12.6. The molecule has 1 saturated carbocycles. The number of hydrogen-bond acceptors (Lipinski definition) is 3. The van der Waals surface area contributed by atoms with E-state index in [4.69, 9.17) is 5.10 Å². The topological polar surface area (TPSA) is 67.6 Å². The Labute approximate surface area is 194 Å². The van der Waals surface area contributed by atoms with Crippen LogP contribution < -0.4 is 0 Å². The van der Waals surface area contributed by atoms with Gasteiger partial charge in [0, 0.05) is 44.3 Å². The van der Waals surface area contributed by atoms with E-state index in [-0.39, 0.29) is 17.7 Å². The van der Waals surface area contributed by atoms with E-state index in [1.807, 2.05) is 17.8 Å². The third kappa shape index (κ3) is 4.13. The molecule has 0 radical (unpaired) electrons. The van der Waals surface area contributed by atoms with Crippen molar-refractivity contribution >= 4 is 15.9 Å². The summed E-state index contributed by atoms with van der Waals surface area (Å²) >= 11 is 0. The molecule has 1 heterocycles. The molecular formula is C25H27FN4O2S. The Hall–Kier alpha value is -2.84. The molecule has 2 bridgehead atoms. The average Bonchev–Trinajstić information content (AvgIpc) is 3.27. The van der Waals surface area contributed by atoms with E-state index in [1.54, 1.807) is 12.1 Å². The van der Waals surface area contributed by atoms with Gasteiger partial charge < -0.3 is 0 Å². The summed E-state index contributed by atoms with van der Waals surface area (Å²) in [7, 11) is 1.30. The van der Waals surface area contributed by atoms with Crippen molar-refractivity contribution in [3.8, 4) is 22.5 Å².